The van der Waals surface area contributed by atoms with Gasteiger partial charge in [-0.25, -0.2) is 8.42 Å². The summed E-state index contributed by atoms with van der Waals surface area (Å²) >= 11 is 1.44. The van der Waals surface area contributed by atoms with E-state index in [9.17, 15) is 8.42 Å². The zero-order chi connectivity index (χ0) is 15.7. The van der Waals surface area contributed by atoms with Gasteiger partial charge in [-0.05, 0) is 18.6 Å². The van der Waals surface area contributed by atoms with E-state index in [1.54, 1.807) is 6.07 Å². The molecule has 0 fully saturated rings. The molecule has 1 aromatic carbocycles. The van der Waals surface area contributed by atoms with Crippen molar-refractivity contribution in [3.05, 3.63) is 24.3 Å². The Morgan fingerprint density at radius 3 is 2.62 bits per heavy atom. The molecule has 0 saturated heterocycles. The van der Waals surface area contributed by atoms with Gasteiger partial charge in [-0.3, -0.25) is 0 Å². The first-order valence-corrected chi connectivity index (χ1v) is 9.66. The lowest BCUT2D eigenvalue weighted by Crippen LogP contribution is -2.36. The topological polar surface area (TPSA) is 83.6 Å². The summed E-state index contributed by atoms with van der Waals surface area (Å²) in [7, 11) is -3.33. The van der Waals surface area contributed by atoms with Crippen molar-refractivity contribution in [2.45, 2.75) is 24.7 Å². The first-order valence-electron chi connectivity index (χ1n) is 7.07. The van der Waals surface area contributed by atoms with Gasteiger partial charge in [-0.15, -0.1) is 11.8 Å². The van der Waals surface area contributed by atoms with Crippen molar-refractivity contribution in [1.29, 1.82) is 0 Å². The summed E-state index contributed by atoms with van der Waals surface area (Å²) < 4.78 is 25.9. The Morgan fingerprint density at radius 2 is 2.00 bits per heavy atom. The number of unbranched alkanes of at least 4 members (excludes halogenated alkanes) is 1. The fourth-order valence-corrected chi connectivity index (χ4v) is 4.66. The fraction of sp³-hybridized carbons (Fsp3) is 0.571. The number of thioether (sulfide) groups is 1. The van der Waals surface area contributed by atoms with Crippen LogP contribution in [-0.2, 0) is 10.0 Å². The summed E-state index contributed by atoms with van der Waals surface area (Å²) in [5.41, 5.74) is 6.49. The summed E-state index contributed by atoms with van der Waals surface area (Å²) in [6, 6.07) is 7.42. The third-order valence-electron chi connectivity index (χ3n) is 3.02. The van der Waals surface area contributed by atoms with Crippen LogP contribution in [-0.4, -0.2) is 49.0 Å². The zero-order valence-electron chi connectivity index (χ0n) is 12.4. The van der Waals surface area contributed by atoms with Crippen LogP contribution in [0.2, 0.25) is 0 Å². The van der Waals surface area contributed by atoms with Gasteiger partial charge < -0.3 is 10.8 Å². The van der Waals surface area contributed by atoms with Gasteiger partial charge in [-0.2, -0.15) is 4.31 Å². The molecular formula is C14H24N2O3S2. The molecule has 1 rings (SSSR count). The molecule has 3 N–H and O–H groups in total. The maximum Gasteiger partial charge on any atom is 0.215 e. The zero-order valence-corrected chi connectivity index (χ0v) is 14.0. The van der Waals surface area contributed by atoms with E-state index in [1.807, 2.05) is 25.1 Å². The molecular weight excluding hydrogens is 308 g/mol. The van der Waals surface area contributed by atoms with Crippen molar-refractivity contribution in [2.24, 2.45) is 0 Å². The number of aliphatic hydroxyl groups excluding tert-OH is 1. The predicted molar refractivity (Wildman–Crippen MR) is 88.9 cm³/mol. The summed E-state index contributed by atoms with van der Waals surface area (Å²) in [6.07, 6.45) is 1.73. The van der Waals surface area contributed by atoms with E-state index in [2.05, 4.69) is 0 Å². The number of hydrogen-bond donors (Lipinski definition) is 2. The van der Waals surface area contributed by atoms with E-state index in [4.69, 9.17) is 10.8 Å². The highest BCUT2D eigenvalue weighted by Crippen LogP contribution is 2.24. The van der Waals surface area contributed by atoms with Crippen LogP contribution in [0, 0.1) is 0 Å². The van der Waals surface area contributed by atoms with Crippen molar-refractivity contribution in [1.82, 2.24) is 4.31 Å². The van der Waals surface area contributed by atoms with Crippen molar-refractivity contribution in [3.8, 4) is 0 Å². The molecule has 0 bridgehead atoms. The minimum Gasteiger partial charge on any atom is -0.398 e. The van der Waals surface area contributed by atoms with Crippen molar-refractivity contribution < 1.29 is 13.5 Å². The molecule has 0 amide bonds. The highest BCUT2D eigenvalue weighted by atomic mass is 32.2. The maximum atomic E-state index is 12.3. The van der Waals surface area contributed by atoms with E-state index in [0.29, 0.717) is 18.0 Å². The van der Waals surface area contributed by atoms with Gasteiger partial charge in [0.2, 0.25) is 10.0 Å². The van der Waals surface area contributed by atoms with Crippen LogP contribution in [0.25, 0.3) is 0 Å². The number of sulfonamides is 1. The normalized spacial score (nSPS) is 12.0. The number of aliphatic hydroxyl groups is 1. The maximum absolute atomic E-state index is 12.3. The summed E-state index contributed by atoms with van der Waals surface area (Å²) in [6.45, 7) is 2.50. The van der Waals surface area contributed by atoms with Crippen LogP contribution >= 0.6 is 11.8 Å². The van der Waals surface area contributed by atoms with Gasteiger partial charge in [-0.1, -0.05) is 25.5 Å². The van der Waals surface area contributed by atoms with Crippen LogP contribution < -0.4 is 5.73 Å². The van der Waals surface area contributed by atoms with Crippen LogP contribution in [0.4, 0.5) is 5.69 Å². The molecule has 7 heteroatoms. The molecule has 0 aliphatic carbocycles. The van der Waals surface area contributed by atoms with Crippen LogP contribution in [0.1, 0.15) is 19.8 Å². The molecule has 0 saturated carbocycles. The Hall–Kier alpha value is -0.760. The highest BCUT2D eigenvalue weighted by molar-refractivity contribution is 8.00. The number of benzene rings is 1. The van der Waals surface area contributed by atoms with Gasteiger partial charge in [0.25, 0.3) is 0 Å². The SMILES string of the molecule is CCCCN(CCO)S(=O)(=O)CCSc1ccccc1N. The predicted octanol–water partition coefficient (Wildman–Crippen LogP) is 1.79. The van der Waals surface area contributed by atoms with E-state index in [-0.39, 0.29) is 18.9 Å². The molecule has 0 spiro atoms. The number of hydrogen-bond acceptors (Lipinski definition) is 5. The third-order valence-corrected chi connectivity index (χ3v) is 6.24. The number of nitrogens with two attached hydrogens (primary N) is 1. The molecule has 120 valence electrons. The first kappa shape index (κ1) is 18.3. The van der Waals surface area contributed by atoms with Gasteiger partial charge in [0.15, 0.2) is 0 Å². The second-order valence-corrected chi connectivity index (χ2v) is 7.90. The number of rotatable bonds is 10. The molecule has 0 radical (unpaired) electrons. The first-order chi connectivity index (χ1) is 10.0. The Labute approximate surface area is 131 Å². The van der Waals surface area contributed by atoms with Crippen LogP contribution in [0.3, 0.4) is 0 Å². The Kier molecular flexibility index (Phi) is 8.10. The minimum atomic E-state index is -3.33. The smallest absolute Gasteiger partial charge is 0.215 e. The minimum absolute atomic E-state index is 0.0513. The standard InChI is InChI=1S/C14H24N2O3S2/c1-2-3-8-16(9-10-17)21(18,19)12-11-20-14-7-5-4-6-13(14)15/h4-7,17H,2-3,8-12,15H2,1H3. The summed E-state index contributed by atoms with van der Waals surface area (Å²) in [4.78, 5) is 0.898. The van der Waals surface area contributed by atoms with Gasteiger partial charge in [0.1, 0.15) is 0 Å². The van der Waals surface area contributed by atoms with E-state index in [1.165, 1.54) is 16.1 Å². The third kappa shape index (κ3) is 6.25. The molecule has 0 aliphatic heterocycles. The van der Waals surface area contributed by atoms with E-state index < -0.39 is 10.0 Å². The van der Waals surface area contributed by atoms with Gasteiger partial charge >= 0.3 is 0 Å². The van der Waals surface area contributed by atoms with Crippen molar-refractivity contribution in [3.63, 3.8) is 0 Å². The average Bonchev–Trinajstić information content (AvgIpc) is 2.45. The Morgan fingerprint density at radius 1 is 1.29 bits per heavy atom. The molecule has 21 heavy (non-hydrogen) atoms. The monoisotopic (exact) mass is 332 g/mol. The molecule has 5 nitrogen and oxygen atoms in total. The molecule has 0 heterocycles. The number of nitrogen functional groups attached to an aromatic ring is 1. The Balaban J connectivity index is 2.56. The van der Waals surface area contributed by atoms with Crippen LogP contribution in [0.15, 0.2) is 29.2 Å². The second-order valence-electron chi connectivity index (χ2n) is 4.68. The van der Waals surface area contributed by atoms with Crippen LogP contribution in [0.5, 0.6) is 0 Å². The molecule has 0 atom stereocenters. The van der Waals surface area contributed by atoms with E-state index >= 15 is 0 Å². The van der Waals surface area contributed by atoms with Gasteiger partial charge in [0.05, 0.1) is 12.4 Å². The number of para-hydroxylation sites is 1. The lowest BCUT2D eigenvalue weighted by Gasteiger charge is -2.21. The molecule has 0 unspecified atom stereocenters. The summed E-state index contributed by atoms with van der Waals surface area (Å²) in [5, 5.41) is 9.01. The lowest BCUT2D eigenvalue weighted by atomic mass is 10.3. The molecule has 1 aromatic rings. The van der Waals surface area contributed by atoms with E-state index in [0.717, 1.165) is 17.7 Å². The quantitative estimate of drug-likeness (QED) is 0.504. The molecule has 0 aromatic heterocycles. The lowest BCUT2D eigenvalue weighted by molar-refractivity contribution is 0.252. The average molecular weight is 332 g/mol. The Bertz CT molecular complexity index is 521. The largest absolute Gasteiger partial charge is 0.398 e. The summed E-state index contributed by atoms with van der Waals surface area (Å²) in [5.74, 6) is 0.500. The highest BCUT2D eigenvalue weighted by Gasteiger charge is 2.20. The molecule has 0 aliphatic rings. The van der Waals surface area contributed by atoms with Crippen molar-refractivity contribution in [2.75, 3.05) is 36.9 Å². The van der Waals surface area contributed by atoms with Gasteiger partial charge in [0, 0.05) is 29.4 Å². The number of anilines is 1. The number of nitrogens with zero attached hydrogens (tertiary/aromatic N) is 1. The second kappa shape index (κ2) is 9.30. The fourth-order valence-electron chi connectivity index (χ4n) is 1.83. The van der Waals surface area contributed by atoms with Crippen molar-refractivity contribution >= 4 is 27.5 Å².